The van der Waals surface area contributed by atoms with Crippen LogP contribution in [0.25, 0.3) is 11.4 Å². The molecule has 2 rings (SSSR count). The average Bonchev–Trinajstić information content (AvgIpc) is 2.89. The molecule has 1 unspecified atom stereocenters. The van der Waals surface area contributed by atoms with Crippen LogP contribution in [0.3, 0.4) is 0 Å². The third kappa shape index (κ3) is 4.38. The van der Waals surface area contributed by atoms with Crippen molar-refractivity contribution in [2.75, 3.05) is 7.05 Å². The van der Waals surface area contributed by atoms with Gasteiger partial charge in [0.2, 0.25) is 11.7 Å². The van der Waals surface area contributed by atoms with E-state index in [9.17, 15) is 0 Å². The Kier molecular flexibility index (Phi) is 5.53. The molecule has 0 bridgehead atoms. The van der Waals surface area contributed by atoms with Crippen LogP contribution in [0.2, 0.25) is 0 Å². The van der Waals surface area contributed by atoms with Crippen LogP contribution < -0.4 is 5.32 Å². The van der Waals surface area contributed by atoms with Gasteiger partial charge in [0.25, 0.3) is 0 Å². The molecule has 1 N–H and O–H groups in total. The van der Waals surface area contributed by atoms with Gasteiger partial charge < -0.3 is 9.84 Å². The van der Waals surface area contributed by atoms with Crippen molar-refractivity contribution in [3.05, 3.63) is 34.1 Å². The fourth-order valence-electron chi connectivity index (χ4n) is 2.27. The zero-order valence-electron chi connectivity index (χ0n) is 13.0. The summed E-state index contributed by atoms with van der Waals surface area (Å²) in [7, 11) is 1.97. The smallest absolute Gasteiger partial charge is 0.228 e. The second-order valence-corrected chi connectivity index (χ2v) is 6.65. The number of nitrogens with zero attached hydrogens (tertiary/aromatic N) is 2. The van der Waals surface area contributed by atoms with E-state index in [4.69, 9.17) is 4.52 Å². The maximum Gasteiger partial charge on any atom is 0.228 e. The summed E-state index contributed by atoms with van der Waals surface area (Å²) >= 11 is 3.53. The summed E-state index contributed by atoms with van der Waals surface area (Å²) in [4.78, 5) is 4.51. The number of likely N-dealkylation sites (N-methyl/N-ethyl adjacent to an activating group) is 1. The monoisotopic (exact) mass is 351 g/mol. The van der Waals surface area contributed by atoms with E-state index in [1.54, 1.807) is 0 Å². The zero-order valence-corrected chi connectivity index (χ0v) is 14.6. The third-order valence-electron chi connectivity index (χ3n) is 3.48. The van der Waals surface area contributed by atoms with Crippen molar-refractivity contribution in [2.45, 2.75) is 39.7 Å². The molecule has 0 aliphatic rings. The minimum Gasteiger partial charge on any atom is -0.339 e. The highest BCUT2D eigenvalue weighted by atomic mass is 79.9. The molecule has 2 aromatic rings. The van der Waals surface area contributed by atoms with Crippen LogP contribution in [0, 0.1) is 12.8 Å². The average molecular weight is 352 g/mol. The SMILES string of the molecule is CNC(Cc1nc(-c2ccc(C)c(Br)c2)no1)CC(C)C. The quantitative estimate of drug-likeness (QED) is 0.854. The highest BCUT2D eigenvalue weighted by Gasteiger charge is 2.15. The molecule has 0 amide bonds. The molecular weight excluding hydrogens is 330 g/mol. The number of rotatable bonds is 6. The van der Waals surface area contributed by atoms with Gasteiger partial charge in [-0.1, -0.05) is 47.1 Å². The summed E-state index contributed by atoms with van der Waals surface area (Å²) in [5.41, 5.74) is 2.15. The summed E-state index contributed by atoms with van der Waals surface area (Å²) in [5.74, 6) is 1.96. The number of hydrogen-bond acceptors (Lipinski definition) is 4. The maximum absolute atomic E-state index is 5.39. The van der Waals surface area contributed by atoms with Crippen molar-refractivity contribution in [1.29, 1.82) is 0 Å². The Bertz CT molecular complexity index is 595. The first-order chi connectivity index (χ1) is 9.99. The first-order valence-corrected chi connectivity index (χ1v) is 8.05. The molecule has 21 heavy (non-hydrogen) atoms. The van der Waals surface area contributed by atoms with E-state index in [1.807, 2.05) is 25.2 Å². The van der Waals surface area contributed by atoms with Crippen LogP contribution in [0.4, 0.5) is 0 Å². The Morgan fingerprint density at radius 3 is 2.71 bits per heavy atom. The molecule has 114 valence electrons. The van der Waals surface area contributed by atoms with E-state index in [0.29, 0.717) is 23.7 Å². The number of aromatic nitrogens is 2. The van der Waals surface area contributed by atoms with Crippen molar-refractivity contribution in [2.24, 2.45) is 5.92 Å². The van der Waals surface area contributed by atoms with Gasteiger partial charge in [0, 0.05) is 22.5 Å². The van der Waals surface area contributed by atoms with Crippen molar-refractivity contribution in [3.63, 3.8) is 0 Å². The van der Waals surface area contributed by atoms with Gasteiger partial charge in [0.1, 0.15) is 0 Å². The summed E-state index contributed by atoms with van der Waals surface area (Å²) < 4.78 is 6.44. The second kappa shape index (κ2) is 7.18. The van der Waals surface area contributed by atoms with Gasteiger partial charge in [-0.15, -0.1) is 0 Å². The van der Waals surface area contributed by atoms with Gasteiger partial charge in [0.05, 0.1) is 0 Å². The van der Waals surface area contributed by atoms with Gasteiger partial charge in [-0.25, -0.2) is 0 Å². The molecule has 0 fully saturated rings. The predicted molar refractivity (Wildman–Crippen MR) is 88.2 cm³/mol. The summed E-state index contributed by atoms with van der Waals surface area (Å²) in [6, 6.07) is 6.44. The van der Waals surface area contributed by atoms with Crippen LogP contribution >= 0.6 is 15.9 Å². The van der Waals surface area contributed by atoms with Gasteiger partial charge in [-0.2, -0.15) is 4.98 Å². The summed E-state index contributed by atoms with van der Waals surface area (Å²) in [6.07, 6.45) is 1.85. The number of benzene rings is 1. The lowest BCUT2D eigenvalue weighted by Gasteiger charge is -2.15. The minimum absolute atomic E-state index is 0.364. The number of aryl methyl sites for hydroxylation is 1. The predicted octanol–water partition coefficient (Wildman–Crippen LogP) is 3.98. The summed E-state index contributed by atoms with van der Waals surface area (Å²) in [5, 5.41) is 7.40. The number of halogens is 1. The van der Waals surface area contributed by atoms with Crippen molar-refractivity contribution < 1.29 is 4.52 Å². The molecule has 1 atom stereocenters. The first-order valence-electron chi connectivity index (χ1n) is 7.26. The zero-order chi connectivity index (χ0) is 15.4. The second-order valence-electron chi connectivity index (χ2n) is 5.79. The molecule has 5 heteroatoms. The largest absolute Gasteiger partial charge is 0.339 e. The van der Waals surface area contributed by atoms with Gasteiger partial charge in [0.15, 0.2) is 0 Å². The highest BCUT2D eigenvalue weighted by Crippen LogP contribution is 2.24. The highest BCUT2D eigenvalue weighted by molar-refractivity contribution is 9.10. The molecule has 0 aliphatic carbocycles. The standard InChI is InChI=1S/C16H22BrN3O/c1-10(2)7-13(18-4)9-15-19-16(20-21-15)12-6-5-11(3)14(17)8-12/h5-6,8,10,13,18H,7,9H2,1-4H3. The molecule has 1 aromatic carbocycles. The lowest BCUT2D eigenvalue weighted by molar-refractivity contribution is 0.345. The van der Waals surface area contributed by atoms with Gasteiger partial charge >= 0.3 is 0 Å². The Balaban J connectivity index is 2.11. The van der Waals surface area contributed by atoms with Crippen molar-refractivity contribution in [3.8, 4) is 11.4 Å². The third-order valence-corrected chi connectivity index (χ3v) is 4.34. The first kappa shape index (κ1) is 16.2. The topological polar surface area (TPSA) is 51.0 Å². The molecule has 0 saturated heterocycles. The van der Waals surface area contributed by atoms with E-state index < -0.39 is 0 Å². The lowest BCUT2D eigenvalue weighted by Crippen LogP contribution is -2.29. The van der Waals surface area contributed by atoms with Crippen LogP contribution in [0.15, 0.2) is 27.2 Å². The minimum atomic E-state index is 0.364. The van der Waals surface area contributed by atoms with Gasteiger partial charge in [-0.05, 0) is 37.9 Å². The molecule has 0 spiro atoms. The molecule has 0 saturated carbocycles. The number of nitrogens with one attached hydrogen (secondary N) is 1. The van der Waals surface area contributed by atoms with E-state index in [2.05, 4.69) is 52.2 Å². The van der Waals surface area contributed by atoms with Crippen LogP contribution in [0.5, 0.6) is 0 Å². The van der Waals surface area contributed by atoms with Crippen LogP contribution in [0.1, 0.15) is 31.7 Å². The molecule has 0 aliphatic heterocycles. The maximum atomic E-state index is 5.39. The fraction of sp³-hybridized carbons (Fsp3) is 0.500. The molecule has 1 heterocycles. The van der Waals surface area contributed by atoms with E-state index in [0.717, 1.165) is 22.9 Å². The van der Waals surface area contributed by atoms with Crippen molar-refractivity contribution >= 4 is 15.9 Å². The number of hydrogen-bond donors (Lipinski definition) is 1. The fourth-order valence-corrected chi connectivity index (χ4v) is 2.65. The van der Waals surface area contributed by atoms with E-state index in [1.165, 1.54) is 5.56 Å². The van der Waals surface area contributed by atoms with Crippen molar-refractivity contribution in [1.82, 2.24) is 15.5 Å². The molecule has 1 aromatic heterocycles. The Morgan fingerprint density at radius 1 is 1.33 bits per heavy atom. The molecule has 4 nitrogen and oxygen atoms in total. The Morgan fingerprint density at radius 2 is 2.10 bits per heavy atom. The van der Waals surface area contributed by atoms with Gasteiger partial charge in [-0.3, -0.25) is 0 Å². The normalized spacial score (nSPS) is 12.9. The Labute approximate surface area is 134 Å². The van der Waals surface area contributed by atoms with E-state index in [-0.39, 0.29) is 0 Å². The Hall–Kier alpha value is -1.20. The van der Waals surface area contributed by atoms with E-state index >= 15 is 0 Å². The van der Waals surface area contributed by atoms with Crippen LogP contribution in [-0.2, 0) is 6.42 Å². The molecular formula is C16H22BrN3O. The molecule has 0 radical (unpaired) electrons. The summed E-state index contributed by atoms with van der Waals surface area (Å²) in [6.45, 7) is 6.49. The van der Waals surface area contributed by atoms with Crippen LogP contribution in [-0.4, -0.2) is 23.2 Å². The lowest BCUT2D eigenvalue weighted by atomic mass is 10.0.